The largest absolute Gasteiger partial charge is 0.490 e. The average molecular weight is 702 g/mol. The van der Waals surface area contributed by atoms with E-state index in [2.05, 4.69) is 36.5 Å². The number of nitrogens with zero attached hydrogens (tertiary/aromatic N) is 2. The zero-order valence-corrected chi connectivity index (χ0v) is 27.4. The van der Waals surface area contributed by atoms with Gasteiger partial charge in [-0.05, 0) is 97.2 Å². The van der Waals surface area contributed by atoms with Crippen LogP contribution in [0.5, 0.6) is 5.75 Å². The molecule has 0 saturated heterocycles. The highest BCUT2D eigenvalue weighted by Gasteiger charge is 2.38. The predicted molar refractivity (Wildman–Crippen MR) is 175 cm³/mol. The van der Waals surface area contributed by atoms with Gasteiger partial charge in [0.2, 0.25) is 0 Å². The maximum Gasteiger partial charge on any atom is 0.153 e. The zero-order chi connectivity index (χ0) is 32.0. The number of benzene rings is 3. The highest BCUT2D eigenvalue weighted by molar-refractivity contribution is 9.10. The second kappa shape index (κ2) is 14.2. The molecule has 12 heteroatoms. The Hall–Kier alpha value is -3.61. The van der Waals surface area contributed by atoms with Gasteiger partial charge >= 0.3 is 0 Å². The van der Waals surface area contributed by atoms with Crippen LogP contribution >= 0.6 is 15.9 Å². The first-order chi connectivity index (χ1) is 21.6. The van der Waals surface area contributed by atoms with Gasteiger partial charge in [0, 0.05) is 35.7 Å². The lowest BCUT2D eigenvalue weighted by Gasteiger charge is -2.30. The van der Waals surface area contributed by atoms with Crippen molar-refractivity contribution in [1.82, 2.24) is 15.3 Å². The Bertz CT molecular complexity index is 1800. The molecule has 1 atom stereocenters. The molecular weight excluding hydrogens is 666 g/mol. The highest BCUT2D eigenvalue weighted by atomic mass is 79.9. The number of rotatable bonds is 14. The summed E-state index contributed by atoms with van der Waals surface area (Å²) in [4.78, 5) is 8.74. The van der Waals surface area contributed by atoms with Gasteiger partial charge in [-0.25, -0.2) is 27.2 Å². The molecule has 1 aromatic heterocycles. The smallest absolute Gasteiger partial charge is 0.153 e. The van der Waals surface area contributed by atoms with Crippen molar-refractivity contribution >= 4 is 48.2 Å². The third-order valence-electron chi connectivity index (χ3n) is 7.75. The molecule has 0 bridgehead atoms. The summed E-state index contributed by atoms with van der Waals surface area (Å²) in [6, 6.07) is 14.8. The van der Waals surface area contributed by atoms with E-state index < -0.39 is 26.5 Å². The minimum Gasteiger partial charge on any atom is -0.490 e. The molecule has 0 spiro atoms. The van der Waals surface area contributed by atoms with Gasteiger partial charge in [0.1, 0.15) is 41.7 Å². The monoisotopic (exact) mass is 700 g/mol. The fourth-order valence-corrected chi connectivity index (χ4v) is 6.55. The normalized spacial score (nSPS) is 16.3. The molecule has 3 aromatic carbocycles. The van der Waals surface area contributed by atoms with Crippen molar-refractivity contribution < 1.29 is 26.7 Å². The fourth-order valence-electron chi connectivity index (χ4n) is 5.15. The number of hydrogen-bond acceptors (Lipinski definition) is 8. The number of fused-ring (bicyclic) bond motifs is 1. The number of anilines is 2. The topological polar surface area (TPSA) is 102 Å². The van der Waals surface area contributed by atoms with E-state index in [9.17, 15) is 12.8 Å². The predicted octanol–water partition coefficient (Wildman–Crippen LogP) is 7.32. The maximum absolute atomic E-state index is 15.6. The van der Waals surface area contributed by atoms with Crippen molar-refractivity contribution in [2.45, 2.75) is 50.6 Å². The molecule has 1 unspecified atom stereocenters. The van der Waals surface area contributed by atoms with Crippen LogP contribution < -0.4 is 15.4 Å². The Labute approximate surface area is 270 Å². The Balaban J connectivity index is 1.30. The second-order valence-corrected chi connectivity index (χ2v) is 14.7. The molecule has 2 N–H and O–H groups in total. The number of ether oxygens (including phenoxy) is 2. The summed E-state index contributed by atoms with van der Waals surface area (Å²) < 4.78 is 65.9. The van der Waals surface area contributed by atoms with E-state index >= 15 is 4.39 Å². The molecule has 0 aliphatic carbocycles. The van der Waals surface area contributed by atoms with Crippen LogP contribution in [0.1, 0.15) is 44.2 Å². The van der Waals surface area contributed by atoms with E-state index in [-0.39, 0.29) is 18.2 Å². The van der Waals surface area contributed by atoms with Crippen LogP contribution in [0.15, 0.2) is 77.7 Å². The first kappa shape index (κ1) is 32.8. The fraction of sp³-hybridized carbons (Fsp3) is 0.333. The van der Waals surface area contributed by atoms with Crippen LogP contribution in [-0.4, -0.2) is 42.5 Å². The van der Waals surface area contributed by atoms with Gasteiger partial charge in [-0.15, -0.1) is 0 Å². The SMILES string of the molecule is CC(C)S(=O)(=O)CCNCCCC1(c2cc3c(Nc4ccc(OCc5cccc(F)c5)c(Br)c4)ncnc3cc2F)CC=CO1. The average Bonchev–Trinajstić information content (AvgIpc) is 3.48. The summed E-state index contributed by atoms with van der Waals surface area (Å²) in [6.07, 6.45) is 6.53. The molecule has 5 rings (SSSR count). The van der Waals surface area contributed by atoms with Crippen molar-refractivity contribution in [3.05, 3.63) is 100 Å². The number of nitrogens with one attached hydrogen (secondary N) is 2. The lowest BCUT2D eigenvalue weighted by atomic mass is 9.85. The Morgan fingerprint density at radius 2 is 1.93 bits per heavy atom. The molecule has 4 aromatic rings. The molecule has 2 heterocycles. The molecule has 0 amide bonds. The van der Waals surface area contributed by atoms with E-state index in [0.29, 0.717) is 76.1 Å². The number of aromatic nitrogens is 2. The molecule has 0 radical (unpaired) electrons. The highest BCUT2D eigenvalue weighted by Crippen LogP contribution is 2.42. The first-order valence-electron chi connectivity index (χ1n) is 14.7. The quantitative estimate of drug-likeness (QED) is 0.132. The number of sulfone groups is 1. The van der Waals surface area contributed by atoms with Gasteiger partial charge in [-0.3, -0.25) is 0 Å². The molecule has 238 valence electrons. The van der Waals surface area contributed by atoms with Crippen molar-refractivity contribution in [3.8, 4) is 5.75 Å². The molecule has 8 nitrogen and oxygen atoms in total. The van der Waals surface area contributed by atoms with E-state index in [0.717, 1.165) is 0 Å². The standard InChI is InChI=1S/C33H35BrF2N4O4S/c1-22(2)45(41,42)15-13-37-12-4-10-33(11-5-14-44-33)27-18-26-30(19-29(27)36)38-21-39-32(26)40-25-8-9-31(28(34)17-25)43-20-23-6-3-7-24(35)16-23/h3,5-9,14,16-19,21-22,37H,4,10-13,15,20H2,1-2H3,(H,38,39,40). The molecule has 1 aliphatic rings. The third kappa shape index (κ3) is 7.98. The van der Waals surface area contributed by atoms with Crippen molar-refractivity contribution in [2.75, 3.05) is 24.2 Å². The van der Waals surface area contributed by atoms with E-state index in [4.69, 9.17) is 9.47 Å². The van der Waals surface area contributed by atoms with Crippen LogP contribution in [0.2, 0.25) is 0 Å². The second-order valence-electron chi connectivity index (χ2n) is 11.2. The van der Waals surface area contributed by atoms with Crippen LogP contribution in [0.25, 0.3) is 10.9 Å². The minimum absolute atomic E-state index is 0.0736. The first-order valence-corrected chi connectivity index (χ1v) is 17.2. The van der Waals surface area contributed by atoms with E-state index in [1.54, 1.807) is 44.4 Å². The summed E-state index contributed by atoms with van der Waals surface area (Å²) in [6.45, 7) is 4.50. The van der Waals surface area contributed by atoms with Gasteiger partial charge in [0.15, 0.2) is 9.84 Å². The summed E-state index contributed by atoms with van der Waals surface area (Å²) in [5.41, 5.74) is 1.37. The van der Waals surface area contributed by atoms with Gasteiger partial charge in [0.25, 0.3) is 0 Å². The van der Waals surface area contributed by atoms with Crippen LogP contribution in [0.3, 0.4) is 0 Å². The number of hydrogen-bond donors (Lipinski definition) is 2. The summed E-state index contributed by atoms with van der Waals surface area (Å²) >= 11 is 3.55. The molecular formula is C33H35BrF2N4O4S. The number of halogens is 3. The van der Waals surface area contributed by atoms with Gasteiger partial charge < -0.3 is 20.1 Å². The van der Waals surface area contributed by atoms with E-state index in [1.165, 1.54) is 24.5 Å². The molecule has 1 aliphatic heterocycles. The Kier molecular flexibility index (Phi) is 10.4. The Morgan fingerprint density at radius 3 is 2.67 bits per heavy atom. The van der Waals surface area contributed by atoms with Crippen LogP contribution in [0.4, 0.5) is 20.3 Å². The summed E-state index contributed by atoms with van der Waals surface area (Å²) in [7, 11) is -3.11. The molecule has 0 fully saturated rings. The summed E-state index contributed by atoms with van der Waals surface area (Å²) in [5, 5.41) is 6.72. The Morgan fingerprint density at radius 1 is 1.09 bits per heavy atom. The van der Waals surface area contributed by atoms with E-state index in [1.807, 2.05) is 18.2 Å². The van der Waals surface area contributed by atoms with Gasteiger partial charge in [-0.2, -0.15) is 0 Å². The zero-order valence-electron chi connectivity index (χ0n) is 25.0. The maximum atomic E-state index is 15.6. The molecule has 0 saturated carbocycles. The minimum atomic E-state index is -3.11. The van der Waals surface area contributed by atoms with Crippen molar-refractivity contribution in [3.63, 3.8) is 0 Å². The lowest BCUT2D eigenvalue weighted by molar-refractivity contribution is 0.0273. The van der Waals surface area contributed by atoms with Gasteiger partial charge in [-0.1, -0.05) is 12.1 Å². The third-order valence-corrected chi connectivity index (χ3v) is 10.6. The summed E-state index contributed by atoms with van der Waals surface area (Å²) in [5.74, 6) is 0.417. The van der Waals surface area contributed by atoms with Crippen molar-refractivity contribution in [2.24, 2.45) is 0 Å². The van der Waals surface area contributed by atoms with Crippen LogP contribution in [0, 0.1) is 11.6 Å². The van der Waals surface area contributed by atoms with Crippen LogP contribution in [-0.2, 0) is 26.8 Å². The van der Waals surface area contributed by atoms with Crippen molar-refractivity contribution in [1.29, 1.82) is 0 Å². The molecule has 45 heavy (non-hydrogen) atoms. The lowest BCUT2D eigenvalue weighted by Crippen LogP contribution is -2.30. The van der Waals surface area contributed by atoms with Gasteiger partial charge in [0.05, 0.1) is 27.3 Å².